The zero-order valence-electron chi connectivity index (χ0n) is 4.63. The van der Waals surface area contributed by atoms with Crippen LogP contribution in [0.15, 0.2) is 12.7 Å². The molecule has 45 valence electrons. The summed E-state index contributed by atoms with van der Waals surface area (Å²) in [5.41, 5.74) is 5.08. The van der Waals surface area contributed by atoms with Gasteiger partial charge in [-0.2, -0.15) is 0 Å². The summed E-state index contributed by atoms with van der Waals surface area (Å²) in [7, 11) is 0. The molecule has 1 amide bonds. The predicted octanol–water partition coefficient (Wildman–Crippen LogP) is -0.542. The highest BCUT2D eigenvalue weighted by atomic mass is 16.1. The monoisotopic (exact) mass is 113 g/mol. The van der Waals surface area contributed by atoms with Gasteiger partial charge in [-0.15, -0.1) is 6.58 Å². The molecule has 3 heteroatoms. The third-order valence-corrected chi connectivity index (χ3v) is 0.699. The Morgan fingerprint density at radius 2 is 2.50 bits per heavy atom. The van der Waals surface area contributed by atoms with Crippen molar-refractivity contribution in [2.75, 3.05) is 13.2 Å². The summed E-state index contributed by atoms with van der Waals surface area (Å²) < 4.78 is 0. The normalized spacial score (nSPS) is 8.12. The first-order valence-corrected chi connectivity index (χ1v) is 2.28. The Labute approximate surface area is 48.8 Å². The van der Waals surface area contributed by atoms with Crippen molar-refractivity contribution in [1.82, 2.24) is 4.90 Å². The molecule has 0 fully saturated rings. The molecule has 0 atom stereocenters. The molecule has 0 saturated heterocycles. The average Bonchev–Trinajstić information content (AvgIpc) is 1.83. The molecule has 0 spiro atoms. The van der Waals surface area contributed by atoms with Crippen LogP contribution in [0.3, 0.4) is 0 Å². The zero-order chi connectivity index (χ0) is 6.41. The van der Waals surface area contributed by atoms with E-state index in [9.17, 15) is 4.79 Å². The second-order valence-electron chi connectivity index (χ2n) is 1.28. The summed E-state index contributed by atoms with van der Waals surface area (Å²) in [6, 6.07) is 0. The number of nitrogens with two attached hydrogens (primary N) is 1. The van der Waals surface area contributed by atoms with Crippen LogP contribution in [0.2, 0.25) is 0 Å². The number of rotatable bonds is 4. The van der Waals surface area contributed by atoms with Crippen LogP contribution in [-0.2, 0) is 4.79 Å². The Hall–Kier alpha value is -0.830. The van der Waals surface area contributed by atoms with Crippen LogP contribution in [0.25, 0.3) is 0 Å². The van der Waals surface area contributed by atoms with E-state index in [1.807, 2.05) is 0 Å². The number of nitrogens with zero attached hydrogens (tertiary/aromatic N) is 1. The molecular formula is C5H9N2O. The second-order valence-corrected chi connectivity index (χ2v) is 1.28. The first-order chi connectivity index (χ1) is 3.85. The number of amides is 1. The number of carbonyl (C=O) groups excluding carboxylic acids is 1. The van der Waals surface area contributed by atoms with Crippen LogP contribution in [0.5, 0.6) is 0 Å². The third kappa shape index (κ3) is 2.36. The van der Waals surface area contributed by atoms with E-state index in [1.165, 1.54) is 4.90 Å². The van der Waals surface area contributed by atoms with Gasteiger partial charge in [0.05, 0.1) is 6.67 Å². The Morgan fingerprint density at radius 1 is 1.88 bits per heavy atom. The van der Waals surface area contributed by atoms with Gasteiger partial charge in [0.15, 0.2) is 0 Å². The SMILES string of the molecule is C=CCN([C]=O)CN. The van der Waals surface area contributed by atoms with Crippen molar-refractivity contribution in [2.45, 2.75) is 0 Å². The second kappa shape index (κ2) is 4.33. The largest absolute Gasteiger partial charge is 0.318 e. The number of hydrogen-bond donors (Lipinski definition) is 1. The van der Waals surface area contributed by atoms with E-state index in [-0.39, 0.29) is 6.67 Å². The Balaban J connectivity index is 3.35. The molecule has 0 heterocycles. The standard InChI is InChI=1S/C5H9N2O/c1-2-3-7(4-6)5-8/h2H,1,3-4,6H2. The fourth-order valence-corrected chi connectivity index (χ4v) is 0.305. The number of hydrogen-bond acceptors (Lipinski definition) is 2. The van der Waals surface area contributed by atoms with Crippen molar-refractivity contribution in [3.8, 4) is 0 Å². The molecule has 0 rings (SSSR count). The van der Waals surface area contributed by atoms with Crippen molar-refractivity contribution >= 4 is 6.41 Å². The molecule has 0 aromatic heterocycles. The first kappa shape index (κ1) is 7.17. The first-order valence-electron chi connectivity index (χ1n) is 2.28. The van der Waals surface area contributed by atoms with E-state index < -0.39 is 0 Å². The van der Waals surface area contributed by atoms with Crippen LogP contribution >= 0.6 is 0 Å². The van der Waals surface area contributed by atoms with Gasteiger partial charge < -0.3 is 10.6 Å². The predicted molar refractivity (Wildman–Crippen MR) is 31.7 cm³/mol. The van der Waals surface area contributed by atoms with E-state index >= 15 is 0 Å². The van der Waals surface area contributed by atoms with Crippen molar-refractivity contribution < 1.29 is 4.79 Å². The van der Waals surface area contributed by atoms with E-state index in [1.54, 1.807) is 12.5 Å². The molecule has 0 aliphatic rings. The van der Waals surface area contributed by atoms with Gasteiger partial charge in [-0.05, 0) is 0 Å². The summed E-state index contributed by atoms with van der Waals surface area (Å²) in [6.07, 6.45) is 3.23. The quantitative estimate of drug-likeness (QED) is 0.302. The van der Waals surface area contributed by atoms with Gasteiger partial charge in [-0.3, -0.25) is 4.79 Å². The average molecular weight is 113 g/mol. The van der Waals surface area contributed by atoms with Crippen molar-refractivity contribution in [1.29, 1.82) is 0 Å². The van der Waals surface area contributed by atoms with Crippen LogP contribution < -0.4 is 5.73 Å². The lowest BCUT2D eigenvalue weighted by atomic mass is 10.6. The van der Waals surface area contributed by atoms with Crippen molar-refractivity contribution in [3.63, 3.8) is 0 Å². The smallest absolute Gasteiger partial charge is 0.313 e. The van der Waals surface area contributed by atoms with Crippen molar-refractivity contribution in [3.05, 3.63) is 12.7 Å². The lowest BCUT2D eigenvalue weighted by Crippen LogP contribution is -2.28. The molecule has 2 N–H and O–H groups in total. The van der Waals surface area contributed by atoms with Crippen LogP contribution in [0, 0.1) is 0 Å². The fraction of sp³-hybridized carbons (Fsp3) is 0.400. The summed E-state index contributed by atoms with van der Waals surface area (Å²) >= 11 is 0. The van der Waals surface area contributed by atoms with Gasteiger partial charge in [0.2, 0.25) is 0 Å². The van der Waals surface area contributed by atoms with E-state index in [0.29, 0.717) is 6.54 Å². The third-order valence-electron chi connectivity index (χ3n) is 0.699. The molecule has 8 heavy (non-hydrogen) atoms. The summed E-state index contributed by atoms with van der Waals surface area (Å²) in [6.45, 7) is 4.10. The van der Waals surface area contributed by atoms with Gasteiger partial charge >= 0.3 is 6.41 Å². The Bertz CT molecular complexity index is 82.5. The topological polar surface area (TPSA) is 46.3 Å². The highest BCUT2D eigenvalue weighted by molar-refractivity contribution is 5.48. The molecule has 0 aliphatic heterocycles. The lowest BCUT2D eigenvalue weighted by Gasteiger charge is -2.07. The summed E-state index contributed by atoms with van der Waals surface area (Å²) in [5, 5.41) is 0. The Morgan fingerprint density at radius 3 is 2.62 bits per heavy atom. The maximum Gasteiger partial charge on any atom is 0.313 e. The maximum absolute atomic E-state index is 9.80. The minimum atomic E-state index is 0.204. The minimum absolute atomic E-state index is 0.204. The molecule has 0 aromatic carbocycles. The fourth-order valence-electron chi connectivity index (χ4n) is 0.305. The van der Waals surface area contributed by atoms with Gasteiger partial charge in [0, 0.05) is 6.54 Å². The lowest BCUT2D eigenvalue weighted by molar-refractivity contribution is 0.417. The maximum atomic E-state index is 9.80. The van der Waals surface area contributed by atoms with Crippen molar-refractivity contribution in [2.24, 2.45) is 5.73 Å². The summed E-state index contributed by atoms with van der Waals surface area (Å²) in [5.74, 6) is 0. The van der Waals surface area contributed by atoms with Gasteiger partial charge in [0.25, 0.3) is 0 Å². The molecule has 0 unspecified atom stereocenters. The molecule has 0 saturated carbocycles. The van der Waals surface area contributed by atoms with Crippen LogP contribution in [0.1, 0.15) is 0 Å². The molecule has 0 bridgehead atoms. The van der Waals surface area contributed by atoms with Gasteiger partial charge in [0.1, 0.15) is 0 Å². The summed E-state index contributed by atoms with van der Waals surface area (Å²) in [4.78, 5) is 11.1. The van der Waals surface area contributed by atoms with E-state index in [2.05, 4.69) is 6.58 Å². The van der Waals surface area contributed by atoms with E-state index in [0.717, 1.165) is 0 Å². The minimum Gasteiger partial charge on any atom is -0.318 e. The van der Waals surface area contributed by atoms with E-state index in [4.69, 9.17) is 5.73 Å². The van der Waals surface area contributed by atoms with Crippen LogP contribution in [0.4, 0.5) is 0 Å². The molecule has 3 nitrogen and oxygen atoms in total. The van der Waals surface area contributed by atoms with Gasteiger partial charge in [-0.1, -0.05) is 6.08 Å². The van der Waals surface area contributed by atoms with Crippen LogP contribution in [-0.4, -0.2) is 24.5 Å². The highest BCUT2D eigenvalue weighted by Crippen LogP contribution is 1.75. The highest BCUT2D eigenvalue weighted by Gasteiger charge is 1.91. The molecular weight excluding hydrogens is 104 g/mol. The molecule has 1 radical (unpaired) electrons. The molecule has 0 aromatic rings. The van der Waals surface area contributed by atoms with Gasteiger partial charge in [-0.25, -0.2) is 0 Å². The Kier molecular flexibility index (Phi) is 3.88. The zero-order valence-corrected chi connectivity index (χ0v) is 4.63. The molecule has 0 aliphatic carbocycles.